The van der Waals surface area contributed by atoms with Crippen molar-refractivity contribution in [2.75, 3.05) is 18.0 Å². The van der Waals surface area contributed by atoms with Crippen LogP contribution in [-0.2, 0) is 0 Å². The van der Waals surface area contributed by atoms with Gasteiger partial charge in [-0.3, -0.25) is 4.57 Å². The van der Waals surface area contributed by atoms with Crippen LogP contribution in [0.2, 0.25) is 0 Å². The minimum absolute atomic E-state index is 0.391. The molecule has 2 heterocycles. The predicted octanol–water partition coefficient (Wildman–Crippen LogP) is 4.70. The van der Waals surface area contributed by atoms with Crippen LogP contribution in [0.15, 0.2) is 35.5 Å². The van der Waals surface area contributed by atoms with E-state index in [2.05, 4.69) is 63.8 Å². The zero-order valence-corrected chi connectivity index (χ0v) is 15.4. The number of anilines is 1. The summed E-state index contributed by atoms with van der Waals surface area (Å²) in [7, 11) is 0. The maximum atomic E-state index is 4.59. The molecule has 1 saturated heterocycles. The van der Waals surface area contributed by atoms with E-state index in [1.807, 2.05) is 11.8 Å². The van der Waals surface area contributed by atoms with Gasteiger partial charge < -0.3 is 4.90 Å². The van der Waals surface area contributed by atoms with Gasteiger partial charge in [0.05, 0.1) is 0 Å². The molecule has 1 atom stereocenters. The van der Waals surface area contributed by atoms with Gasteiger partial charge in [0.1, 0.15) is 0 Å². The zero-order valence-electron chi connectivity index (χ0n) is 14.6. The van der Waals surface area contributed by atoms with Gasteiger partial charge in [-0.25, -0.2) is 0 Å². The Hall–Kier alpha value is -1.49. The lowest BCUT2D eigenvalue weighted by Crippen LogP contribution is -2.34. The predicted molar refractivity (Wildman–Crippen MR) is 99.6 cm³/mol. The fourth-order valence-electron chi connectivity index (χ4n) is 3.38. The van der Waals surface area contributed by atoms with Crippen molar-refractivity contribution in [3.63, 3.8) is 0 Å². The van der Waals surface area contributed by atoms with Crippen LogP contribution in [0, 0.1) is 5.92 Å². The van der Waals surface area contributed by atoms with Crippen LogP contribution in [0.3, 0.4) is 0 Å². The minimum Gasteiger partial charge on any atom is -0.341 e. The SMILES string of the molecule is CC1CCN(c2nnc(S[C@@H](C)c3ccccc3)n2C2CC2)CC1. The summed E-state index contributed by atoms with van der Waals surface area (Å²) in [6.45, 7) is 6.84. The van der Waals surface area contributed by atoms with Crippen molar-refractivity contribution in [2.24, 2.45) is 5.92 Å². The summed E-state index contributed by atoms with van der Waals surface area (Å²) in [4.78, 5) is 2.45. The maximum absolute atomic E-state index is 4.59. The lowest BCUT2D eigenvalue weighted by Gasteiger charge is -2.31. The van der Waals surface area contributed by atoms with Gasteiger partial charge in [0.2, 0.25) is 5.95 Å². The first-order valence-corrected chi connectivity index (χ1v) is 10.0. The molecule has 0 amide bonds. The van der Waals surface area contributed by atoms with Crippen molar-refractivity contribution >= 4 is 17.7 Å². The quantitative estimate of drug-likeness (QED) is 0.737. The van der Waals surface area contributed by atoms with Gasteiger partial charge in [-0.15, -0.1) is 10.2 Å². The average molecular weight is 343 g/mol. The molecule has 1 saturated carbocycles. The third kappa shape index (κ3) is 3.32. The standard InChI is InChI=1S/C19H26N4S/c1-14-10-12-22(13-11-14)18-20-21-19(23(18)17-8-9-17)24-15(2)16-6-4-3-5-7-16/h3-7,14-15,17H,8-13H2,1-2H3/t15-/m0/s1. The van der Waals surface area contributed by atoms with Crippen molar-refractivity contribution in [1.29, 1.82) is 0 Å². The summed E-state index contributed by atoms with van der Waals surface area (Å²) in [6, 6.07) is 11.3. The molecule has 0 radical (unpaired) electrons. The van der Waals surface area contributed by atoms with Crippen LogP contribution < -0.4 is 4.90 Å². The Labute approximate surface area is 148 Å². The van der Waals surface area contributed by atoms with Crippen molar-refractivity contribution in [3.05, 3.63) is 35.9 Å². The van der Waals surface area contributed by atoms with Crippen LogP contribution in [0.1, 0.15) is 56.4 Å². The Bertz CT molecular complexity index is 672. The fraction of sp³-hybridized carbons (Fsp3) is 0.579. The van der Waals surface area contributed by atoms with Crippen LogP contribution in [0.4, 0.5) is 5.95 Å². The highest BCUT2D eigenvalue weighted by Crippen LogP contribution is 2.44. The van der Waals surface area contributed by atoms with E-state index in [1.165, 1.54) is 31.2 Å². The van der Waals surface area contributed by atoms with Gasteiger partial charge in [0.25, 0.3) is 0 Å². The van der Waals surface area contributed by atoms with Crippen molar-refractivity contribution in [2.45, 2.75) is 56.0 Å². The summed E-state index contributed by atoms with van der Waals surface area (Å²) in [6.07, 6.45) is 5.06. The summed E-state index contributed by atoms with van der Waals surface area (Å²) in [5.74, 6) is 1.94. The molecule has 4 rings (SSSR count). The molecule has 1 aliphatic heterocycles. The van der Waals surface area contributed by atoms with Crippen molar-refractivity contribution < 1.29 is 0 Å². The minimum atomic E-state index is 0.391. The van der Waals surface area contributed by atoms with E-state index in [9.17, 15) is 0 Å². The van der Waals surface area contributed by atoms with Gasteiger partial charge in [-0.05, 0) is 44.1 Å². The molecule has 128 valence electrons. The molecule has 1 aromatic carbocycles. The van der Waals surface area contributed by atoms with Crippen molar-refractivity contribution in [1.82, 2.24) is 14.8 Å². The number of rotatable bonds is 5. The zero-order chi connectivity index (χ0) is 16.5. The number of nitrogens with zero attached hydrogens (tertiary/aromatic N) is 4. The smallest absolute Gasteiger partial charge is 0.228 e. The lowest BCUT2D eigenvalue weighted by atomic mass is 10.00. The number of hydrogen-bond acceptors (Lipinski definition) is 4. The number of hydrogen-bond donors (Lipinski definition) is 0. The van der Waals surface area contributed by atoms with E-state index < -0.39 is 0 Å². The van der Waals surface area contributed by atoms with E-state index in [0.29, 0.717) is 11.3 Å². The van der Waals surface area contributed by atoms with Gasteiger partial charge in [-0.2, -0.15) is 0 Å². The van der Waals surface area contributed by atoms with Crippen LogP contribution in [-0.4, -0.2) is 27.9 Å². The largest absolute Gasteiger partial charge is 0.341 e. The number of benzene rings is 1. The maximum Gasteiger partial charge on any atom is 0.228 e. The van der Waals surface area contributed by atoms with Gasteiger partial charge in [-0.1, -0.05) is 49.0 Å². The molecule has 24 heavy (non-hydrogen) atoms. The third-order valence-corrected chi connectivity index (χ3v) is 6.29. The third-order valence-electron chi connectivity index (χ3n) is 5.18. The van der Waals surface area contributed by atoms with E-state index >= 15 is 0 Å². The highest BCUT2D eigenvalue weighted by molar-refractivity contribution is 7.99. The Balaban J connectivity index is 1.55. The molecular formula is C19H26N4S. The summed E-state index contributed by atoms with van der Waals surface area (Å²) in [5, 5.41) is 10.6. The second-order valence-corrected chi connectivity index (χ2v) is 8.53. The van der Waals surface area contributed by atoms with E-state index in [4.69, 9.17) is 0 Å². The molecule has 0 unspecified atom stereocenters. The Morgan fingerprint density at radius 3 is 2.42 bits per heavy atom. The molecule has 1 aromatic heterocycles. The molecule has 2 aromatic rings. The number of aromatic nitrogens is 3. The molecule has 4 nitrogen and oxygen atoms in total. The molecular weight excluding hydrogens is 316 g/mol. The molecule has 0 spiro atoms. The topological polar surface area (TPSA) is 34.0 Å². The fourth-order valence-corrected chi connectivity index (χ4v) is 4.42. The lowest BCUT2D eigenvalue weighted by molar-refractivity contribution is 0.429. The first-order valence-electron chi connectivity index (χ1n) is 9.14. The Kier molecular flexibility index (Phi) is 4.53. The molecule has 0 bridgehead atoms. The normalized spacial score (nSPS) is 20.3. The van der Waals surface area contributed by atoms with E-state index in [1.54, 1.807) is 0 Å². The van der Waals surface area contributed by atoms with E-state index in [-0.39, 0.29) is 0 Å². The highest BCUT2D eigenvalue weighted by atomic mass is 32.2. The first kappa shape index (κ1) is 16.0. The van der Waals surface area contributed by atoms with Gasteiger partial charge in [0, 0.05) is 24.4 Å². The number of thioether (sulfide) groups is 1. The second-order valence-electron chi connectivity index (χ2n) is 7.22. The average Bonchev–Trinajstić information content (AvgIpc) is 3.37. The van der Waals surface area contributed by atoms with Gasteiger partial charge in [0.15, 0.2) is 5.16 Å². The van der Waals surface area contributed by atoms with Crippen LogP contribution >= 0.6 is 11.8 Å². The monoisotopic (exact) mass is 342 g/mol. The highest BCUT2D eigenvalue weighted by Gasteiger charge is 2.33. The van der Waals surface area contributed by atoms with E-state index in [0.717, 1.165) is 30.1 Å². The Morgan fingerprint density at radius 2 is 1.75 bits per heavy atom. The molecule has 1 aliphatic carbocycles. The van der Waals surface area contributed by atoms with Crippen LogP contribution in [0.25, 0.3) is 0 Å². The van der Waals surface area contributed by atoms with Crippen LogP contribution in [0.5, 0.6) is 0 Å². The van der Waals surface area contributed by atoms with Gasteiger partial charge >= 0.3 is 0 Å². The Morgan fingerprint density at radius 1 is 1.04 bits per heavy atom. The molecule has 2 fully saturated rings. The second kappa shape index (κ2) is 6.79. The summed E-state index contributed by atoms with van der Waals surface area (Å²) >= 11 is 1.84. The molecule has 0 N–H and O–H groups in total. The van der Waals surface area contributed by atoms with Crippen molar-refractivity contribution in [3.8, 4) is 0 Å². The summed E-state index contributed by atoms with van der Waals surface area (Å²) in [5.41, 5.74) is 1.35. The molecule has 5 heteroatoms. The summed E-state index contributed by atoms with van der Waals surface area (Å²) < 4.78 is 2.42. The molecule has 2 aliphatic rings. The number of piperidine rings is 1. The first-order chi connectivity index (χ1) is 11.7.